The van der Waals surface area contributed by atoms with Crippen molar-refractivity contribution in [1.82, 2.24) is 15.5 Å². The van der Waals surface area contributed by atoms with Crippen molar-refractivity contribution in [3.63, 3.8) is 0 Å². The number of nitrogens with one attached hydrogen (secondary N) is 2. The third-order valence-electron chi connectivity index (χ3n) is 4.55. The largest absolute Gasteiger partial charge is 0.380 e. The minimum absolute atomic E-state index is 0. The number of amides is 1. The van der Waals surface area contributed by atoms with Crippen LogP contribution in [0.4, 0.5) is 0 Å². The predicted molar refractivity (Wildman–Crippen MR) is 96.1 cm³/mol. The van der Waals surface area contributed by atoms with Crippen LogP contribution in [0.15, 0.2) is 0 Å². The maximum atomic E-state index is 12.0. The molecule has 2 unspecified atom stereocenters. The number of halogens is 1. The standard InChI is InChI=1S/C17H33N3O2.ClH/c1-14(2)13-22-10-9-20-8-4-5-15(12-20)11-19-17(21)16-6-3-7-18-16;/h14-16,18H,3-13H2,1-2H3,(H,19,21);1H. The lowest BCUT2D eigenvalue weighted by atomic mass is 9.98. The highest BCUT2D eigenvalue weighted by Crippen LogP contribution is 2.15. The topological polar surface area (TPSA) is 53.6 Å². The second-order valence-corrected chi connectivity index (χ2v) is 7.17. The lowest BCUT2D eigenvalue weighted by Gasteiger charge is -2.33. The lowest BCUT2D eigenvalue weighted by molar-refractivity contribution is -0.123. The Labute approximate surface area is 147 Å². The highest BCUT2D eigenvalue weighted by atomic mass is 35.5. The van der Waals surface area contributed by atoms with Gasteiger partial charge >= 0.3 is 0 Å². The molecular formula is C17H34ClN3O2. The fraction of sp³-hybridized carbons (Fsp3) is 0.941. The van der Waals surface area contributed by atoms with Crippen LogP contribution < -0.4 is 10.6 Å². The summed E-state index contributed by atoms with van der Waals surface area (Å²) in [4.78, 5) is 14.5. The van der Waals surface area contributed by atoms with Crippen molar-refractivity contribution < 1.29 is 9.53 Å². The molecule has 0 aromatic heterocycles. The molecule has 2 rings (SSSR count). The smallest absolute Gasteiger partial charge is 0.237 e. The van der Waals surface area contributed by atoms with Gasteiger partial charge in [0.1, 0.15) is 0 Å². The zero-order chi connectivity index (χ0) is 15.8. The molecule has 5 nitrogen and oxygen atoms in total. The van der Waals surface area contributed by atoms with E-state index in [0.29, 0.717) is 11.8 Å². The van der Waals surface area contributed by atoms with E-state index in [1.807, 2.05) is 0 Å². The molecule has 0 spiro atoms. The number of piperidine rings is 1. The van der Waals surface area contributed by atoms with Crippen LogP contribution in [0.2, 0.25) is 0 Å². The molecule has 1 amide bonds. The first-order chi connectivity index (χ1) is 10.6. The first-order valence-electron chi connectivity index (χ1n) is 8.96. The summed E-state index contributed by atoms with van der Waals surface area (Å²) in [5.74, 6) is 1.38. The highest BCUT2D eigenvalue weighted by molar-refractivity contribution is 5.85. The van der Waals surface area contributed by atoms with Crippen LogP contribution in [-0.4, -0.2) is 62.8 Å². The minimum atomic E-state index is 0. The number of carbonyl (C=O) groups is 1. The normalized spacial score (nSPS) is 25.3. The van der Waals surface area contributed by atoms with Gasteiger partial charge in [-0.1, -0.05) is 13.8 Å². The van der Waals surface area contributed by atoms with Gasteiger partial charge in [0, 0.05) is 26.2 Å². The highest BCUT2D eigenvalue weighted by Gasteiger charge is 2.24. The van der Waals surface area contributed by atoms with E-state index in [2.05, 4.69) is 29.4 Å². The number of carbonyl (C=O) groups excluding carboxylic acids is 1. The first kappa shape index (κ1) is 20.7. The Balaban J connectivity index is 0.00000264. The van der Waals surface area contributed by atoms with Crippen LogP contribution >= 0.6 is 12.4 Å². The second-order valence-electron chi connectivity index (χ2n) is 7.17. The first-order valence-corrected chi connectivity index (χ1v) is 8.96. The van der Waals surface area contributed by atoms with Crippen LogP contribution in [0, 0.1) is 11.8 Å². The number of likely N-dealkylation sites (tertiary alicyclic amines) is 1. The molecule has 0 aromatic rings. The summed E-state index contributed by atoms with van der Waals surface area (Å²) in [5.41, 5.74) is 0. The summed E-state index contributed by atoms with van der Waals surface area (Å²) in [6, 6.07) is 0.0455. The summed E-state index contributed by atoms with van der Waals surface area (Å²) in [5, 5.41) is 6.39. The summed E-state index contributed by atoms with van der Waals surface area (Å²) in [6.45, 7) is 11.1. The maximum Gasteiger partial charge on any atom is 0.237 e. The molecule has 2 saturated heterocycles. The van der Waals surface area contributed by atoms with Crippen LogP contribution in [0.25, 0.3) is 0 Å². The van der Waals surface area contributed by atoms with E-state index in [9.17, 15) is 4.79 Å². The molecule has 0 aliphatic carbocycles. The maximum absolute atomic E-state index is 12.0. The molecule has 23 heavy (non-hydrogen) atoms. The summed E-state index contributed by atoms with van der Waals surface area (Å²) in [6.07, 6.45) is 4.55. The lowest BCUT2D eigenvalue weighted by Crippen LogP contribution is -2.46. The van der Waals surface area contributed by atoms with Gasteiger partial charge in [-0.15, -0.1) is 12.4 Å². The third kappa shape index (κ3) is 7.84. The molecule has 6 heteroatoms. The van der Waals surface area contributed by atoms with Crippen LogP contribution in [0.5, 0.6) is 0 Å². The van der Waals surface area contributed by atoms with Gasteiger partial charge in [-0.25, -0.2) is 0 Å². The van der Waals surface area contributed by atoms with Gasteiger partial charge < -0.3 is 20.3 Å². The summed E-state index contributed by atoms with van der Waals surface area (Å²) < 4.78 is 5.68. The predicted octanol–water partition coefficient (Wildman–Crippen LogP) is 1.66. The number of rotatable bonds is 8. The molecular weight excluding hydrogens is 314 g/mol. The monoisotopic (exact) mass is 347 g/mol. The zero-order valence-corrected chi connectivity index (χ0v) is 15.5. The molecule has 2 fully saturated rings. The Bertz CT molecular complexity index is 336. The van der Waals surface area contributed by atoms with Crippen LogP contribution in [0.1, 0.15) is 39.5 Å². The van der Waals surface area contributed by atoms with E-state index in [1.165, 1.54) is 19.4 Å². The molecule has 2 heterocycles. The van der Waals surface area contributed by atoms with E-state index in [1.54, 1.807) is 0 Å². The van der Waals surface area contributed by atoms with Crippen molar-refractivity contribution in [2.75, 3.05) is 45.9 Å². The number of ether oxygens (including phenoxy) is 1. The fourth-order valence-corrected chi connectivity index (χ4v) is 3.31. The molecule has 0 saturated carbocycles. The fourth-order valence-electron chi connectivity index (χ4n) is 3.31. The Kier molecular flexibility index (Phi) is 10.1. The van der Waals surface area contributed by atoms with Gasteiger partial charge in [0.25, 0.3) is 0 Å². The molecule has 136 valence electrons. The molecule has 0 aromatic carbocycles. The SMILES string of the molecule is CC(C)COCCN1CCCC(CNC(=O)C2CCCN2)C1.Cl. The quantitative estimate of drug-likeness (QED) is 0.656. The van der Waals surface area contributed by atoms with Crippen LogP contribution in [-0.2, 0) is 9.53 Å². The summed E-state index contributed by atoms with van der Waals surface area (Å²) >= 11 is 0. The molecule has 0 bridgehead atoms. The Hall–Kier alpha value is -0.360. The van der Waals surface area contributed by atoms with Gasteiger partial charge in [0.2, 0.25) is 5.91 Å². The van der Waals surface area contributed by atoms with E-state index in [-0.39, 0.29) is 24.4 Å². The van der Waals surface area contributed by atoms with Gasteiger partial charge in [-0.2, -0.15) is 0 Å². The number of hydrogen-bond donors (Lipinski definition) is 2. The van der Waals surface area contributed by atoms with E-state index < -0.39 is 0 Å². The molecule has 2 aliphatic heterocycles. The van der Waals surface area contributed by atoms with Crippen molar-refractivity contribution >= 4 is 18.3 Å². The van der Waals surface area contributed by atoms with E-state index in [0.717, 1.165) is 52.2 Å². The average molecular weight is 348 g/mol. The average Bonchev–Trinajstić information content (AvgIpc) is 3.04. The Morgan fingerprint density at radius 1 is 1.35 bits per heavy atom. The second kappa shape index (κ2) is 11.2. The zero-order valence-electron chi connectivity index (χ0n) is 14.7. The molecule has 2 aliphatic rings. The minimum Gasteiger partial charge on any atom is -0.380 e. The van der Waals surface area contributed by atoms with Crippen molar-refractivity contribution in [3.8, 4) is 0 Å². The van der Waals surface area contributed by atoms with Crippen molar-refractivity contribution in [1.29, 1.82) is 0 Å². The van der Waals surface area contributed by atoms with E-state index >= 15 is 0 Å². The van der Waals surface area contributed by atoms with Gasteiger partial charge in [0.05, 0.1) is 12.6 Å². The van der Waals surface area contributed by atoms with Gasteiger partial charge in [-0.05, 0) is 50.6 Å². The van der Waals surface area contributed by atoms with Crippen molar-refractivity contribution in [3.05, 3.63) is 0 Å². The number of nitrogens with zero attached hydrogens (tertiary/aromatic N) is 1. The van der Waals surface area contributed by atoms with Gasteiger partial charge in [-0.3, -0.25) is 4.79 Å². The Morgan fingerprint density at radius 2 is 2.17 bits per heavy atom. The Morgan fingerprint density at radius 3 is 2.87 bits per heavy atom. The summed E-state index contributed by atoms with van der Waals surface area (Å²) in [7, 11) is 0. The molecule has 0 radical (unpaired) electrons. The van der Waals surface area contributed by atoms with E-state index in [4.69, 9.17) is 4.74 Å². The third-order valence-corrected chi connectivity index (χ3v) is 4.55. The van der Waals surface area contributed by atoms with Crippen LogP contribution in [0.3, 0.4) is 0 Å². The van der Waals surface area contributed by atoms with Crippen molar-refractivity contribution in [2.24, 2.45) is 11.8 Å². The van der Waals surface area contributed by atoms with Gasteiger partial charge in [0.15, 0.2) is 0 Å². The molecule has 2 N–H and O–H groups in total. The molecule has 2 atom stereocenters. The number of hydrogen-bond acceptors (Lipinski definition) is 4. The van der Waals surface area contributed by atoms with Crippen molar-refractivity contribution in [2.45, 2.75) is 45.6 Å².